The molecule has 1 fully saturated rings. The second-order valence-corrected chi connectivity index (χ2v) is 4.81. The van der Waals surface area contributed by atoms with Crippen molar-refractivity contribution in [2.45, 2.75) is 12.5 Å². The maximum Gasteiger partial charge on any atom is 0.0452 e. The smallest absolute Gasteiger partial charge is 0.0452 e. The first-order valence-electron chi connectivity index (χ1n) is 6.05. The molecule has 1 aromatic carbocycles. The predicted octanol–water partition coefficient (Wildman–Crippen LogP) is 2.22. The molecule has 3 rings (SSSR count). The van der Waals surface area contributed by atoms with Crippen LogP contribution in [0.25, 0.3) is 6.08 Å². The summed E-state index contributed by atoms with van der Waals surface area (Å²) in [6.07, 6.45) is 5.76. The third kappa shape index (κ3) is 1.63. The number of benzene rings is 1. The summed E-state index contributed by atoms with van der Waals surface area (Å²) in [6, 6.07) is 9.39. The van der Waals surface area contributed by atoms with E-state index < -0.39 is 0 Å². The number of piperazine rings is 1. The van der Waals surface area contributed by atoms with Crippen molar-refractivity contribution in [1.29, 1.82) is 0 Å². The van der Waals surface area contributed by atoms with E-state index in [0.717, 1.165) is 6.54 Å². The van der Waals surface area contributed by atoms with Gasteiger partial charge in [-0.3, -0.25) is 0 Å². The van der Waals surface area contributed by atoms with Crippen molar-refractivity contribution >= 4 is 11.8 Å². The van der Waals surface area contributed by atoms with Crippen LogP contribution in [-0.2, 0) is 0 Å². The zero-order valence-corrected chi connectivity index (χ0v) is 9.76. The minimum atomic E-state index is 0.652. The molecule has 0 aromatic heterocycles. The molecule has 0 bridgehead atoms. The van der Waals surface area contributed by atoms with Gasteiger partial charge in [-0.25, -0.2) is 0 Å². The Morgan fingerprint density at radius 3 is 3.00 bits per heavy atom. The van der Waals surface area contributed by atoms with E-state index in [1.54, 1.807) is 0 Å². The number of hydrogen-bond acceptors (Lipinski definition) is 2. The molecule has 2 nitrogen and oxygen atoms in total. The summed E-state index contributed by atoms with van der Waals surface area (Å²) in [7, 11) is 2.22. The number of anilines is 1. The summed E-state index contributed by atoms with van der Waals surface area (Å²) >= 11 is 0. The quantitative estimate of drug-likeness (QED) is 0.653. The van der Waals surface area contributed by atoms with Gasteiger partial charge in [0.15, 0.2) is 0 Å². The second kappa shape index (κ2) is 3.95. The van der Waals surface area contributed by atoms with Crippen LogP contribution in [0, 0.1) is 0 Å². The average molecular weight is 214 g/mol. The third-order valence-electron chi connectivity index (χ3n) is 3.64. The third-order valence-corrected chi connectivity index (χ3v) is 3.64. The molecule has 0 saturated carbocycles. The summed E-state index contributed by atoms with van der Waals surface area (Å²) in [5.41, 5.74) is 2.78. The fourth-order valence-electron chi connectivity index (χ4n) is 2.77. The van der Waals surface area contributed by atoms with E-state index in [0.29, 0.717) is 6.04 Å². The van der Waals surface area contributed by atoms with Crippen LogP contribution in [-0.4, -0.2) is 37.6 Å². The fraction of sp³-hybridized carbons (Fsp3) is 0.429. The summed E-state index contributed by atoms with van der Waals surface area (Å²) in [5.74, 6) is 0. The standard InChI is InChI=1S/C14H18N2/c1-15-9-10-16-13(11-15)7-4-6-12-5-2-3-8-14(12)16/h2-6,8,13H,7,9-11H2,1H3. The second-order valence-electron chi connectivity index (χ2n) is 4.81. The Kier molecular flexibility index (Phi) is 2.44. The van der Waals surface area contributed by atoms with Gasteiger partial charge in [-0.05, 0) is 25.1 Å². The number of nitrogens with zero attached hydrogens (tertiary/aromatic N) is 2. The van der Waals surface area contributed by atoms with Crippen molar-refractivity contribution in [3.8, 4) is 0 Å². The van der Waals surface area contributed by atoms with Crippen molar-refractivity contribution in [3.63, 3.8) is 0 Å². The Hall–Kier alpha value is -1.28. The van der Waals surface area contributed by atoms with Gasteiger partial charge in [0.25, 0.3) is 0 Å². The Bertz CT molecular complexity index is 411. The first-order chi connectivity index (χ1) is 7.84. The lowest BCUT2D eigenvalue weighted by atomic mass is 10.1. The summed E-state index contributed by atoms with van der Waals surface area (Å²) in [5, 5.41) is 0. The number of fused-ring (bicyclic) bond motifs is 3. The zero-order valence-electron chi connectivity index (χ0n) is 9.76. The highest BCUT2D eigenvalue weighted by Crippen LogP contribution is 2.29. The van der Waals surface area contributed by atoms with Crippen LogP contribution in [0.4, 0.5) is 5.69 Å². The summed E-state index contributed by atoms with van der Waals surface area (Å²) in [4.78, 5) is 5.01. The van der Waals surface area contributed by atoms with Gasteiger partial charge >= 0.3 is 0 Å². The lowest BCUT2D eigenvalue weighted by molar-refractivity contribution is 0.268. The van der Waals surface area contributed by atoms with Crippen LogP contribution >= 0.6 is 0 Å². The molecule has 1 unspecified atom stereocenters. The molecule has 1 atom stereocenters. The van der Waals surface area contributed by atoms with E-state index >= 15 is 0 Å². The van der Waals surface area contributed by atoms with Crippen molar-refractivity contribution in [2.24, 2.45) is 0 Å². The van der Waals surface area contributed by atoms with Gasteiger partial charge in [-0.15, -0.1) is 0 Å². The van der Waals surface area contributed by atoms with Gasteiger partial charge in [-0.2, -0.15) is 0 Å². The Labute approximate surface area is 97.2 Å². The topological polar surface area (TPSA) is 6.48 Å². The average Bonchev–Trinajstić information content (AvgIpc) is 2.47. The van der Waals surface area contributed by atoms with Gasteiger partial charge < -0.3 is 9.80 Å². The van der Waals surface area contributed by atoms with Crippen LogP contribution in [0.15, 0.2) is 30.3 Å². The van der Waals surface area contributed by atoms with Gasteiger partial charge in [0.2, 0.25) is 0 Å². The first-order valence-corrected chi connectivity index (χ1v) is 6.05. The molecule has 2 heteroatoms. The SMILES string of the molecule is CN1CCN2c3ccccc3C=CCC2C1. The Morgan fingerprint density at radius 2 is 2.06 bits per heavy atom. The van der Waals surface area contributed by atoms with Gasteiger partial charge in [0, 0.05) is 31.4 Å². The molecule has 16 heavy (non-hydrogen) atoms. The molecule has 0 aliphatic carbocycles. The molecule has 2 heterocycles. The molecule has 0 N–H and O–H groups in total. The Morgan fingerprint density at radius 1 is 1.19 bits per heavy atom. The molecular formula is C14H18N2. The molecule has 2 aliphatic heterocycles. The normalized spacial score (nSPS) is 24.8. The lowest BCUT2D eigenvalue weighted by Crippen LogP contribution is -2.51. The van der Waals surface area contributed by atoms with Crippen LogP contribution in [0.2, 0.25) is 0 Å². The van der Waals surface area contributed by atoms with Crippen LogP contribution < -0.4 is 4.90 Å². The van der Waals surface area contributed by atoms with Crippen LogP contribution in [0.1, 0.15) is 12.0 Å². The highest BCUT2D eigenvalue weighted by atomic mass is 15.3. The van der Waals surface area contributed by atoms with Crippen molar-refractivity contribution in [2.75, 3.05) is 31.6 Å². The van der Waals surface area contributed by atoms with Crippen molar-refractivity contribution in [1.82, 2.24) is 4.90 Å². The molecule has 0 spiro atoms. The van der Waals surface area contributed by atoms with E-state index in [-0.39, 0.29) is 0 Å². The van der Waals surface area contributed by atoms with Crippen LogP contribution in [0.3, 0.4) is 0 Å². The Balaban J connectivity index is 1.99. The first kappa shape index (κ1) is 9.91. The highest BCUT2D eigenvalue weighted by molar-refractivity contribution is 5.69. The fourth-order valence-corrected chi connectivity index (χ4v) is 2.77. The molecular weight excluding hydrogens is 196 g/mol. The summed E-state index contributed by atoms with van der Waals surface area (Å²) < 4.78 is 0. The number of hydrogen-bond donors (Lipinski definition) is 0. The predicted molar refractivity (Wildman–Crippen MR) is 68.7 cm³/mol. The molecule has 1 aromatic rings. The van der Waals surface area contributed by atoms with E-state index in [1.807, 2.05) is 0 Å². The zero-order chi connectivity index (χ0) is 11.0. The maximum atomic E-state index is 2.58. The number of likely N-dealkylation sites (N-methyl/N-ethyl adjacent to an activating group) is 1. The van der Waals surface area contributed by atoms with Gasteiger partial charge in [0.05, 0.1) is 0 Å². The highest BCUT2D eigenvalue weighted by Gasteiger charge is 2.26. The van der Waals surface area contributed by atoms with Crippen molar-refractivity contribution < 1.29 is 0 Å². The molecule has 84 valence electrons. The van der Waals surface area contributed by atoms with Gasteiger partial charge in [-0.1, -0.05) is 30.4 Å². The molecule has 1 saturated heterocycles. The molecule has 0 amide bonds. The number of para-hydroxylation sites is 1. The van der Waals surface area contributed by atoms with E-state index in [1.165, 1.54) is 30.8 Å². The minimum absolute atomic E-state index is 0.652. The monoisotopic (exact) mass is 214 g/mol. The summed E-state index contributed by atoms with van der Waals surface area (Å²) in [6.45, 7) is 3.50. The lowest BCUT2D eigenvalue weighted by Gasteiger charge is -2.41. The van der Waals surface area contributed by atoms with E-state index in [4.69, 9.17) is 0 Å². The molecule has 0 radical (unpaired) electrons. The maximum absolute atomic E-state index is 2.58. The van der Waals surface area contributed by atoms with E-state index in [2.05, 4.69) is 53.3 Å². The van der Waals surface area contributed by atoms with E-state index in [9.17, 15) is 0 Å². The largest absolute Gasteiger partial charge is 0.365 e. The van der Waals surface area contributed by atoms with Gasteiger partial charge in [0.1, 0.15) is 0 Å². The molecule has 2 aliphatic rings. The van der Waals surface area contributed by atoms with Crippen molar-refractivity contribution in [3.05, 3.63) is 35.9 Å². The minimum Gasteiger partial charge on any atom is -0.365 e. The number of rotatable bonds is 0. The van der Waals surface area contributed by atoms with Crippen LogP contribution in [0.5, 0.6) is 0 Å².